The first-order valence-electron chi connectivity index (χ1n) is 6.35. The molecular formula is C14H21N3O. The number of anilines is 1. The van der Waals surface area contributed by atoms with Crippen LogP contribution in [0, 0.1) is 6.92 Å². The second-order valence-electron chi connectivity index (χ2n) is 5.12. The molecule has 1 unspecified atom stereocenters. The SMILES string of the molecule is Cc1cccc(N)c1C(=O)N1CCN(C)C(C)C1. The van der Waals surface area contributed by atoms with E-state index in [9.17, 15) is 4.79 Å². The fourth-order valence-corrected chi connectivity index (χ4v) is 2.37. The second kappa shape index (κ2) is 4.98. The van der Waals surface area contributed by atoms with Gasteiger partial charge in [-0.1, -0.05) is 12.1 Å². The van der Waals surface area contributed by atoms with Crippen molar-refractivity contribution < 1.29 is 4.79 Å². The molecule has 2 N–H and O–H groups in total. The van der Waals surface area contributed by atoms with Gasteiger partial charge in [-0.05, 0) is 32.5 Å². The van der Waals surface area contributed by atoms with Crippen molar-refractivity contribution in [2.24, 2.45) is 0 Å². The highest BCUT2D eigenvalue weighted by molar-refractivity contribution is 6.00. The minimum Gasteiger partial charge on any atom is -0.398 e. The Morgan fingerprint density at radius 2 is 2.11 bits per heavy atom. The van der Waals surface area contributed by atoms with Crippen LogP contribution in [0.25, 0.3) is 0 Å². The van der Waals surface area contributed by atoms with E-state index in [-0.39, 0.29) is 5.91 Å². The van der Waals surface area contributed by atoms with Crippen molar-refractivity contribution in [3.8, 4) is 0 Å². The predicted octanol–water partition coefficient (Wildman–Crippen LogP) is 1.35. The van der Waals surface area contributed by atoms with Crippen LogP contribution in [0.2, 0.25) is 0 Å². The second-order valence-corrected chi connectivity index (χ2v) is 5.12. The van der Waals surface area contributed by atoms with E-state index in [1.807, 2.05) is 24.0 Å². The Hall–Kier alpha value is -1.55. The van der Waals surface area contributed by atoms with Crippen LogP contribution in [0.3, 0.4) is 0 Å². The van der Waals surface area contributed by atoms with Gasteiger partial charge in [0.1, 0.15) is 0 Å². The number of rotatable bonds is 1. The van der Waals surface area contributed by atoms with Gasteiger partial charge in [-0.25, -0.2) is 0 Å². The average Bonchev–Trinajstić information content (AvgIpc) is 2.32. The number of carbonyl (C=O) groups is 1. The van der Waals surface area contributed by atoms with Gasteiger partial charge in [0.15, 0.2) is 0 Å². The van der Waals surface area contributed by atoms with Crippen molar-refractivity contribution in [3.63, 3.8) is 0 Å². The number of aryl methyl sites for hydroxylation is 1. The van der Waals surface area contributed by atoms with E-state index >= 15 is 0 Å². The molecule has 1 heterocycles. The monoisotopic (exact) mass is 247 g/mol. The molecule has 98 valence electrons. The Bertz CT molecular complexity index is 438. The van der Waals surface area contributed by atoms with Crippen molar-refractivity contribution in [1.82, 2.24) is 9.80 Å². The van der Waals surface area contributed by atoms with Crippen molar-refractivity contribution >= 4 is 11.6 Å². The molecule has 2 rings (SSSR count). The van der Waals surface area contributed by atoms with Crippen molar-refractivity contribution in [2.75, 3.05) is 32.4 Å². The molecule has 0 saturated carbocycles. The number of likely N-dealkylation sites (N-methyl/N-ethyl adjacent to an activating group) is 1. The maximum atomic E-state index is 12.5. The van der Waals surface area contributed by atoms with Gasteiger partial charge in [-0.3, -0.25) is 4.79 Å². The van der Waals surface area contributed by atoms with Crippen LogP contribution in [0.4, 0.5) is 5.69 Å². The molecule has 4 nitrogen and oxygen atoms in total. The minimum absolute atomic E-state index is 0.0607. The molecule has 1 saturated heterocycles. The van der Waals surface area contributed by atoms with Gasteiger partial charge in [0.05, 0.1) is 5.56 Å². The molecular weight excluding hydrogens is 226 g/mol. The Morgan fingerprint density at radius 1 is 1.39 bits per heavy atom. The zero-order valence-corrected chi connectivity index (χ0v) is 11.3. The zero-order chi connectivity index (χ0) is 13.3. The third-order valence-corrected chi connectivity index (χ3v) is 3.77. The maximum Gasteiger partial charge on any atom is 0.256 e. The first-order valence-corrected chi connectivity index (χ1v) is 6.35. The standard InChI is InChI=1S/C14H21N3O/c1-10-5-4-6-12(15)13(10)14(18)17-8-7-16(3)11(2)9-17/h4-6,11H,7-9,15H2,1-3H3. The molecule has 0 spiro atoms. The summed E-state index contributed by atoms with van der Waals surface area (Å²) in [4.78, 5) is 16.7. The van der Waals surface area contributed by atoms with Crippen LogP contribution >= 0.6 is 0 Å². The lowest BCUT2D eigenvalue weighted by molar-refractivity contribution is 0.0573. The van der Waals surface area contributed by atoms with Gasteiger partial charge in [-0.2, -0.15) is 0 Å². The summed E-state index contributed by atoms with van der Waals surface area (Å²) < 4.78 is 0. The predicted molar refractivity (Wildman–Crippen MR) is 73.6 cm³/mol. The number of nitrogen functional groups attached to an aromatic ring is 1. The normalized spacial score (nSPS) is 21.1. The van der Waals surface area contributed by atoms with E-state index < -0.39 is 0 Å². The number of amides is 1. The number of nitrogens with two attached hydrogens (primary N) is 1. The van der Waals surface area contributed by atoms with Crippen LogP contribution < -0.4 is 5.73 Å². The number of piperazine rings is 1. The van der Waals surface area contributed by atoms with Crippen molar-refractivity contribution in [1.29, 1.82) is 0 Å². The molecule has 1 atom stereocenters. The largest absolute Gasteiger partial charge is 0.398 e. The van der Waals surface area contributed by atoms with Crippen LogP contribution in [-0.4, -0.2) is 48.4 Å². The Kier molecular flexibility index (Phi) is 3.57. The number of hydrogen-bond donors (Lipinski definition) is 1. The van der Waals surface area contributed by atoms with E-state index in [2.05, 4.69) is 18.9 Å². The fraction of sp³-hybridized carbons (Fsp3) is 0.500. The molecule has 1 aliphatic rings. The maximum absolute atomic E-state index is 12.5. The summed E-state index contributed by atoms with van der Waals surface area (Å²) in [6.45, 7) is 6.53. The summed E-state index contributed by atoms with van der Waals surface area (Å²) in [6.07, 6.45) is 0. The number of nitrogens with zero attached hydrogens (tertiary/aromatic N) is 2. The van der Waals surface area contributed by atoms with Crippen LogP contribution in [0.1, 0.15) is 22.8 Å². The lowest BCUT2D eigenvalue weighted by atomic mass is 10.0. The average molecular weight is 247 g/mol. The van der Waals surface area contributed by atoms with Crippen molar-refractivity contribution in [3.05, 3.63) is 29.3 Å². The Balaban J connectivity index is 2.22. The summed E-state index contributed by atoms with van der Waals surface area (Å²) in [5.41, 5.74) is 8.12. The van der Waals surface area contributed by atoms with Gasteiger partial charge >= 0.3 is 0 Å². The van der Waals surface area contributed by atoms with E-state index in [4.69, 9.17) is 5.73 Å². The van der Waals surface area contributed by atoms with Gasteiger partial charge in [0.2, 0.25) is 0 Å². The van der Waals surface area contributed by atoms with Crippen molar-refractivity contribution in [2.45, 2.75) is 19.9 Å². The van der Waals surface area contributed by atoms with Gasteiger partial charge in [0.25, 0.3) is 5.91 Å². The molecule has 0 radical (unpaired) electrons. The van der Waals surface area contributed by atoms with Crippen LogP contribution in [0.15, 0.2) is 18.2 Å². The highest BCUT2D eigenvalue weighted by Gasteiger charge is 2.26. The molecule has 4 heteroatoms. The third kappa shape index (κ3) is 2.34. The van der Waals surface area contributed by atoms with E-state index in [1.165, 1.54) is 0 Å². The smallest absolute Gasteiger partial charge is 0.256 e. The summed E-state index contributed by atoms with van der Waals surface area (Å²) in [5.74, 6) is 0.0607. The molecule has 18 heavy (non-hydrogen) atoms. The molecule has 0 aliphatic carbocycles. The van der Waals surface area contributed by atoms with E-state index in [0.717, 1.165) is 25.2 Å². The van der Waals surface area contributed by atoms with Gasteiger partial charge in [0, 0.05) is 31.4 Å². The number of benzene rings is 1. The highest BCUT2D eigenvalue weighted by atomic mass is 16.2. The molecule has 1 aliphatic heterocycles. The van der Waals surface area contributed by atoms with E-state index in [1.54, 1.807) is 6.07 Å². The molecule has 1 aromatic rings. The minimum atomic E-state index is 0.0607. The van der Waals surface area contributed by atoms with Crippen LogP contribution in [0.5, 0.6) is 0 Å². The molecule has 1 aromatic carbocycles. The molecule has 0 bridgehead atoms. The number of carbonyl (C=O) groups excluding carboxylic acids is 1. The van der Waals surface area contributed by atoms with Gasteiger partial charge < -0.3 is 15.5 Å². The zero-order valence-electron chi connectivity index (χ0n) is 11.3. The lowest BCUT2D eigenvalue weighted by Gasteiger charge is -2.38. The summed E-state index contributed by atoms with van der Waals surface area (Å²) >= 11 is 0. The first kappa shape index (κ1) is 12.9. The third-order valence-electron chi connectivity index (χ3n) is 3.77. The quantitative estimate of drug-likeness (QED) is 0.762. The van der Waals surface area contributed by atoms with Gasteiger partial charge in [-0.15, -0.1) is 0 Å². The molecule has 0 aromatic heterocycles. The number of hydrogen-bond acceptors (Lipinski definition) is 3. The van der Waals surface area contributed by atoms with E-state index in [0.29, 0.717) is 17.3 Å². The van der Waals surface area contributed by atoms with Crippen LogP contribution in [-0.2, 0) is 0 Å². The Morgan fingerprint density at radius 3 is 2.72 bits per heavy atom. The molecule has 1 amide bonds. The summed E-state index contributed by atoms with van der Waals surface area (Å²) in [7, 11) is 2.09. The molecule has 1 fully saturated rings. The summed E-state index contributed by atoms with van der Waals surface area (Å²) in [6, 6.07) is 6.00. The Labute approximate surface area is 108 Å². The fourth-order valence-electron chi connectivity index (χ4n) is 2.37. The topological polar surface area (TPSA) is 49.6 Å². The lowest BCUT2D eigenvalue weighted by Crippen LogP contribution is -2.52. The summed E-state index contributed by atoms with van der Waals surface area (Å²) in [5, 5.41) is 0. The first-order chi connectivity index (χ1) is 8.50. The highest BCUT2D eigenvalue weighted by Crippen LogP contribution is 2.20.